The summed E-state index contributed by atoms with van der Waals surface area (Å²) in [4.78, 5) is 0. The van der Waals surface area contributed by atoms with Crippen LogP contribution in [0.3, 0.4) is 0 Å². The van der Waals surface area contributed by atoms with Crippen LogP contribution in [-0.2, 0) is 98.3 Å². The summed E-state index contributed by atoms with van der Waals surface area (Å²) in [6.45, 7) is 0. The first kappa shape index (κ1) is 38.9. The van der Waals surface area contributed by atoms with Crippen molar-refractivity contribution in [3.63, 3.8) is 0 Å². The van der Waals surface area contributed by atoms with Crippen LogP contribution >= 0.6 is 0 Å². The SMILES string of the molecule is [CH3][Hg][C]#CC1=CCC2=c3ccc(C#[C][Hg][C]#Cc4ccc5c(c4)=CC4=CC(C#[C][Hg][C]#CC6=CCC7=c8ccc(C#[C][Hg][CH3])cc8=CC7=C6)=CCC=54)cc3=CC2=C1. The molecule has 6 aliphatic rings. The molecule has 0 saturated carbocycles. The Kier molecular flexibility index (Phi) is 12.4. The first-order valence-corrected chi connectivity index (χ1v) is 47.4. The zero-order valence-corrected chi connectivity index (χ0v) is 54.3. The molecule has 0 radical (unpaired) electrons. The van der Waals surface area contributed by atoms with Crippen LogP contribution in [0.1, 0.15) is 36.0 Å². The summed E-state index contributed by atoms with van der Waals surface area (Å²) >= 11 is -5.12. The Morgan fingerprint density at radius 2 is 0.719 bits per heavy atom. The van der Waals surface area contributed by atoms with Crippen molar-refractivity contribution in [1.82, 2.24) is 0 Å². The summed E-state index contributed by atoms with van der Waals surface area (Å²) in [6, 6.07) is 20.0. The van der Waals surface area contributed by atoms with E-state index in [-0.39, 0.29) is 0 Å². The van der Waals surface area contributed by atoms with E-state index in [1.165, 1.54) is 70.3 Å². The molecule has 57 heavy (non-hydrogen) atoms. The van der Waals surface area contributed by atoms with Gasteiger partial charge in [-0.15, -0.1) is 0 Å². The molecule has 0 aromatic heterocycles. The van der Waals surface area contributed by atoms with Gasteiger partial charge in [0.15, 0.2) is 0 Å². The van der Waals surface area contributed by atoms with Crippen LogP contribution < -0.4 is 31.3 Å². The minimum absolute atomic E-state index is 0.913. The van der Waals surface area contributed by atoms with Crippen molar-refractivity contribution in [2.24, 2.45) is 0 Å². The van der Waals surface area contributed by atoms with Gasteiger partial charge >= 0.3 is 390 Å². The van der Waals surface area contributed by atoms with Gasteiger partial charge in [0.25, 0.3) is 0 Å². The zero-order chi connectivity index (χ0) is 38.6. The summed E-state index contributed by atoms with van der Waals surface area (Å²) in [5.74, 6) is 20.5. The molecule has 6 aliphatic carbocycles. The van der Waals surface area contributed by atoms with Crippen LogP contribution in [0.4, 0.5) is 0 Å². The normalized spacial score (nSPS) is 14.8. The molecular formula is C53H30Hg4. The Morgan fingerprint density at radius 1 is 0.386 bits per heavy atom. The van der Waals surface area contributed by atoms with Crippen LogP contribution in [0.5, 0.6) is 0 Å². The van der Waals surface area contributed by atoms with Crippen molar-refractivity contribution in [2.45, 2.75) is 28.1 Å². The van der Waals surface area contributed by atoms with Gasteiger partial charge in [-0.3, -0.25) is 0 Å². The predicted octanol–water partition coefficient (Wildman–Crippen LogP) is 4.93. The molecular weight excluding hydrogens is 1440 g/mol. The average Bonchev–Trinajstić information content (AvgIpc) is 3.91. The van der Waals surface area contributed by atoms with Gasteiger partial charge in [-0.2, -0.15) is 0 Å². The van der Waals surface area contributed by atoms with Crippen LogP contribution in [0, 0.1) is 56.1 Å². The van der Waals surface area contributed by atoms with Crippen LogP contribution in [0.2, 0.25) is 8.86 Å². The number of hydrogen-bond acceptors (Lipinski definition) is 0. The van der Waals surface area contributed by atoms with Gasteiger partial charge in [0.2, 0.25) is 0 Å². The molecule has 0 bridgehead atoms. The van der Waals surface area contributed by atoms with E-state index in [1.807, 2.05) is 0 Å². The van der Waals surface area contributed by atoms with Crippen LogP contribution in [0.15, 0.2) is 124 Å². The van der Waals surface area contributed by atoms with E-state index in [0.717, 1.165) is 47.1 Å². The number of benzene rings is 3. The maximum absolute atomic E-state index is 3.52. The molecule has 3 aromatic carbocycles. The molecule has 3 aromatic rings. The summed E-state index contributed by atoms with van der Waals surface area (Å²) in [5.41, 5.74) is 14.9. The number of rotatable bonds is 0. The van der Waals surface area contributed by atoms with E-state index in [4.69, 9.17) is 0 Å². The molecule has 0 amide bonds. The van der Waals surface area contributed by atoms with Crippen LogP contribution in [0.25, 0.3) is 34.9 Å². The molecule has 9 rings (SSSR count). The molecule has 4 heteroatoms. The van der Waals surface area contributed by atoms with E-state index in [2.05, 4.69) is 174 Å². The number of fused-ring (bicyclic) bond motifs is 6. The molecule has 0 aliphatic heterocycles. The van der Waals surface area contributed by atoms with Crippen molar-refractivity contribution in [2.75, 3.05) is 0 Å². The van der Waals surface area contributed by atoms with Gasteiger partial charge in [-0.25, -0.2) is 0 Å². The third kappa shape index (κ3) is 8.89. The fourth-order valence-corrected chi connectivity index (χ4v) is 16.2. The summed E-state index contributed by atoms with van der Waals surface area (Å²) in [5, 5.41) is 7.84. The standard InChI is InChI=1S/3C17H8.2CH3.4Hg/c3*1-3-12-5-7-16-14(9-12)11-15-10-13(4-2)6-8-17(15)16;;;;;;/h3*5-7,9-11H,8H2;2*1H3;;;;. The summed E-state index contributed by atoms with van der Waals surface area (Å²) in [7, 11) is 0. The summed E-state index contributed by atoms with van der Waals surface area (Å²) in [6.07, 6.45) is 23.3. The van der Waals surface area contributed by atoms with Crippen molar-refractivity contribution in [1.29, 1.82) is 0 Å². The second-order valence-corrected chi connectivity index (χ2v) is 31.0. The Balaban J connectivity index is 0.813. The number of hydrogen-bond donors (Lipinski definition) is 0. The fraction of sp³-hybridized carbons (Fsp3) is 0.0943. The molecule has 0 spiro atoms. The van der Waals surface area contributed by atoms with E-state index in [0.29, 0.717) is 0 Å². The van der Waals surface area contributed by atoms with Crippen molar-refractivity contribution in [3.05, 3.63) is 172 Å². The first-order valence-electron chi connectivity index (χ1n) is 19.9. The van der Waals surface area contributed by atoms with Gasteiger partial charge in [-0.1, -0.05) is 0 Å². The molecule has 0 saturated heterocycles. The van der Waals surface area contributed by atoms with Gasteiger partial charge in [0, 0.05) is 0 Å². The first-order chi connectivity index (χ1) is 28.1. The Morgan fingerprint density at radius 3 is 1.11 bits per heavy atom. The quantitative estimate of drug-likeness (QED) is 0.222. The summed E-state index contributed by atoms with van der Waals surface area (Å²) < 4.78 is 25.5. The number of allylic oxidation sites excluding steroid dienone is 12. The van der Waals surface area contributed by atoms with Gasteiger partial charge in [-0.05, 0) is 0 Å². The van der Waals surface area contributed by atoms with Crippen molar-refractivity contribution >= 4 is 34.9 Å². The average molecular weight is 1470 g/mol. The second-order valence-electron chi connectivity index (χ2n) is 14.5. The Hall–Kier alpha value is -3.58. The molecule has 0 nitrogen and oxygen atoms in total. The molecule has 0 N–H and O–H groups in total. The monoisotopic (exact) mass is 1470 g/mol. The van der Waals surface area contributed by atoms with Gasteiger partial charge in [0.1, 0.15) is 0 Å². The third-order valence-corrected chi connectivity index (χ3v) is 20.3. The zero-order valence-electron chi connectivity index (χ0n) is 32.3. The molecule has 0 heterocycles. The molecule has 250 valence electrons. The fourth-order valence-electron chi connectivity index (χ4n) is 8.04. The second kappa shape index (κ2) is 18.1. The van der Waals surface area contributed by atoms with E-state index in [1.54, 1.807) is 0 Å². The Labute approximate surface area is 384 Å². The van der Waals surface area contributed by atoms with Gasteiger partial charge in [0.05, 0.1) is 0 Å². The topological polar surface area (TPSA) is 0 Å². The van der Waals surface area contributed by atoms with E-state index < -0.39 is 98.3 Å². The van der Waals surface area contributed by atoms with E-state index in [9.17, 15) is 0 Å². The predicted molar refractivity (Wildman–Crippen MR) is 219 cm³/mol. The minimum atomic E-state index is -1.65. The van der Waals surface area contributed by atoms with Crippen LogP contribution in [-0.4, -0.2) is 0 Å². The van der Waals surface area contributed by atoms with Crippen molar-refractivity contribution in [3.8, 4) is 56.1 Å². The van der Waals surface area contributed by atoms with Gasteiger partial charge < -0.3 is 0 Å². The molecule has 0 atom stereocenters. The maximum atomic E-state index is 3.52. The molecule has 0 unspecified atom stereocenters. The third-order valence-electron chi connectivity index (χ3n) is 10.7. The Bertz CT molecular complexity index is 3360. The molecule has 0 fully saturated rings. The van der Waals surface area contributed by atoms with E-state index >= 15 is 0 Å². The van der Waals surface area contributed by atoms with Crippen molar-refractivity contribution < 1.29 is 98.3 Å².